The summed E-state index contributed by atoms with van der Waals surface area (Å²) >= 11 is 1.63. The van der Waals surface area contributed by atoms with Crippen LogP contribution in [0.1, 0.15) is 18.4 Å². The van der Waals surface area contributed by atoms with Gasteiger partial charge >= 0.3 is 0 Å². The number of rotatable bonds is 6. The van der Waals surface area contributed by atoms with Crippen LogP contribution in [0, 0.1) is 6.92 Å². The molecular formula is C15H19N3OS. The Kier molecular flexibility index (Phi) is 5.26. The largest absolute Gasteiger partial charge is 0.326 e. The molecule has 1 aromatic heterocycles. The molecule has 0 unspecified atom stereocenters. The number of amides is 1. The van der Waals surface area contributed by atoms with Crippen molar-refractivity contribution in [3.63, 3.8) is 0 Å². The van der Waals surface area contributed by atoms with Crippen LogP contribution in [-0.4, -0.2) is 24.0 Å². The Morgan fingerprint density at radius 2 is 2.25 bits per heavy atom. The molecule has 0 bridgehead atoms. The van der Waals surface area contributed by atoms with Crippen LogP contribution in [0.4, 0.5) is 5.69 Å². The number of carbonyl (C=O) groups excluding carboxylic acids is 1. The lowest BCUT2D eigenvalue weighted by atomic mass is 10.1. The van der Waals surface area contributed by atoms with Gasteiger partial charge in [-0.2, -0.15) is 0 Å². The molecule has 2 rings (SSSR count). The van der Waals surface area contributed by atoms with Crippen LogP contribution in [0.25, 0.3) is 11.3 Å². The zero-order valence-electron chi connectivity index (χ0n) is 11.8. The molecule has 2 N–H and O–H groups in total. The van der Waals surface area contributed by atoms with Gasteiger partial charge in [-0.25, -0.2) is 4.98 Å². The number of anilines is 1. The lowest BCUT2D eigenvalue weighted by Crippen LogP contribution is -2.21. The maximum absolute atomic E-state index is 11.8. The van der Waals surface area contributed by atoms with Gasteiger partial charge in [0, 0.05) is 29.6 Å². The molecule has 0 aliphatic rings. The minimum Gasteiger partial charge on any atom is -0.326 e. The highest BCUT2D eigenvalue weighted by atomic mass is 32.1. The van der Waals surface area contributed by atoms with Crippen LogP contribution < -0.4 is 10.6 Å². The van der Waals surface area contributed by atoms with E-state index in [0.717, 1.165) is 28.5 Å². The fraction of sp³-hybridized carbons (Fsp3) is 0.333. The summed E-state index contributed by atoms with van der Waals surface area (Å²) in [6, 6.07) is 7.79. The van der Waals surface area contributed by atoms with Gasteiger partial charge in [-0.1, -0.05) is 19.1 Å². The molecule has 5 heteroatoms. The molecule has 0 aliphatic carbocycles. The predicted octanol–water partition coefficient (Wildman–Crippen LogP) is 3.06. The quantitative estimate of drug-likeness (QED) is 0.804. The number of thiazole rings is 1. The van der Waals surface area contributed by atoms with Gasteiger partial charge in [0.1, 0.15) is 0 Å². The van der Waals surface area contributed by atoms with E-state index < -0.39 is 0 Å². The molecule has 1 heterocycles. The molecular weight excluding hydrogens is 270 g/mol. The Balaban J connectivity index is 2.01. The fourth-order valence-corrected chi connectivity index (χ4v) is 2.48. The average Bonchev–Trinajstić information content (AvgIpc) is 2.86. The lowest BCUT2D eigenvalue weighted by molar-refractivity contribution is -0.116. The average molecular weight is 289 g/mol. The smallest absolute Gasteiger partial charge is 0.225 e. The monoisotopic (exact) mass is 289 g/mol. The van der Waals surface area contributed by atoms with Gasteiger partial charge in [0.05, 0.1) is 10.7 Å². The normalized spacial score (nSPS) is 10.5. The van der Waals surface area contributed by atoms with E-state index >= 15 is 0 Å². The maximum atomic E-state index is 11.8. The van der Waals surface area contributed by atoms with Crippen molar-refractivity contribution in [1.29, 1.82) is 0 Å². The maximum Gasteiger partial charge on any atom is 0.225 e. The highest BCUT2D eigenvalue weighted by molar-refractivity contribution is 7.09. The third kappa shape index (κ3) is 4.15. The summed E-state index contributed by atoms with van der Waals surface area (Å²) in [5.74, 6) is 0.0255. The summed E-state index contributed by atoms with van der Waals surface area (Å²) in [7, 11) is 0. The molecule has 0 radical (unpaired) electrons. The number of aromatic nitrogens is 1. The van der Waals surface area contributed by atoms with Crippen molar-refractivity contribution in [3.05, 3.63) is 34.7 Å². The van der Waals surface area contributed by atoms with Crippen molar-refractivity contribution in [3.8, 4) is 11.3 Å². The minimum atomic E-state index is 0.0255. The second kappa shape index (κ2) is 7.17. The van der Waals surface area contributed by atoms with E-state index in [1.807, 2.05) is 43.5 Å². The first-order valence-corrected chi connectivity index (χ1v) is 7.60. The van der Waals surface area contributed by atoms with Crippen molar-refractivity contribution in [2.24, 2.45) is 0 Å². The number of carbonyl (C=O) groups is 1. The summed E-state index contributed by atoms with van der Waals surface area (Å²) < 4.78 is 0. The second-order valence-corrected chi connectivity index (χ2v) is 5.55. The Morgan fingerprint density at radius 3 is 2.95 bits per heavy atom. The van der Waals surface area contributed by atoms with E-state index in [1.165, 1.54) is 0 Å². The van der Waals surface area contributed by atoms with Crippen LogP contribution in [0.2, 0.25) is 0 Å². The number of hydrogen-bond donors (Lipinski definition) is 2. The van der Waals surface area contributed by atoms with E-state index in [-0.39, 0.29) is 5.91 Å². The Labute approximate surface area is 123 Å². The molecule has 106 valence electrons. The van der Waals surface area contributed by atoms with E-state index in [1.54, 1.807) is 11.3 Å². The van der Waals surface area contributed by atoms with E-state index in [9.17, 15) is 4.79 Å². The summed E-state index contributed by atoms with van der Waals surface area (Å²) in [6.45, 7) is 5.59. The molecule has 1 aromatic carbocycles. The van der Waals surface area contributed by atoms with E-state index in [2.05, 4.69) is 15.6 Å². The topological polar surface area (TPSA) is 54.0 Å². The molecule has 2 aromatic rings. The van der Waals surface area contributed by atoms with Gasteiger partial charge in [0.25, 0.3) is 0 Å². The zero-order chi connectivity index (χ0) is 14.4. The van der Waals surface area contributed by atoms with Gasteiger partial charge in [0.2, 0.25) is 5.91 Å². The summed E-state index contributed by atoms with van der Waals surface area (Å²) in [4.78, 5) is 16.2. The second-order valence-electron chi connectivity index (χ2n) is 4.48. The van der Waals surface area contributed by atoms with Gasteiger partial charge in [-0.3, -0.25) is 4.79 Å². The number of hydrogen-bond acceptors (Lipinski definition) is 4. The molecule has 0 fully saturated rings. The third-order valence-corrected chi connectivity index (χ3v) is 3.61. The van der Waals surface area contributed by atoms with Crippen molar-refractivity contribution < 1.29 is 4.79 Å². The molecule has 4 nitrogen and oxygen atoms in total. The minimum absolute atomic E-state index is 0.0255. The van der Waals surface area contributed by atoms with Crippen LogP contribution in [-0.2, 0) is 4.79 Å². The molecule has 0 aliphatic heterocycles. The van der Waals surface area contributed by atoms with Crippen LogP contribution in [0.3, 0.4) is 0 Å². The van der Waals surface area contributed by atoms with Crippen LogP contribution in [0.15, 0.2) is 29.6 Å². The van der Waals surface area contributed by atoms with Crippen molar-refractivity contribution in [2.75, 3.05) is 18.4 Å². The standard InChI is InChI=1S/C15H19N3OS/c1-3-16-8-7-15(19)18-13-6-4-5-12(9-13)14-10-20-11(2)17-14/h4-6,9-10,16H,3,7-8H2,1-2H3,(H,18,19). The highest BCUT2D eigenvalue weighted by Crippen LogP contribution is 2.24. The molecule has 0 spiro atoms. The summed E-state index contributed by atoms with van der Waals surface area (Å²) in [5.41, 5.74) is 2.80. The van der Waals surface area contributed by atoms with E-state index in [0.29, 0.717) is 13.0 Å². The highest BCUT2D eigenvalue weighted by Gasteiger charge is 2.05. The number of aryl methyl sites for hydroxylation is 1. The van der Waals surface area contributed by atoms with Crippen molar-refractivity contribution >= 4 is 22.9 Å². The fourth-order valence-electron chi connectivity index (χ4n) is 1.85. The first kappa shape index (κ1) is 14.7. The Morgan fingerprint density at radius 1 is 1.40 bits per heavy atom. The SMILES string of the molecule is CCNCCC(=O)Nc1cccc(-c2csc(C)n2)c1. The molecule has 20 heavy (non-hydrogen) atoms. The predicted molar refractivity (Wildman–Crippen MR) is 84.1 cm³/mol. The number of nitrogens with zero attached hydrogens (tertiary/aromatic N) is 1. The Hall–Kier alpha value is -1.72. The van der Waals surface area contributed by atoms with Gasteiger partial charge in [-0.15, -0.1) is 11.3 Å². The first-order chi connectivity index (χ1) is 9.69. The van der Waals surface area contributed by atoms with Crippen LogP contribution >= 0.6 is 11.3 Å². The van der Waals surface area contributed by atoms with Gasteiger partial charge in [0.15, 0.2) is 0 Å². The van der Waals surface area contributed by atoms with Gasteiger partial charge in [-0.05, 0) is 25.6 Å². The molecule has 0 saturated heterocycles. The summed E-state index contributed by atoms with van der Waals surface area (Å²) in [6.07, 6.45) is 0.480. The van der Waals surface area contributed by atoms with Crippen molar-refractivity contribution in [2.45, 2.75) is 20.3 Å². The van der Waals surface area contributed by atoms with Crippen molar-refractivity contribution in [1.82, 2.24) is 10.3 Å². The van der Waals surface area contributed by atoms with Crippen LogP contribution in [0.5, 0.6) is 0 Å². The van der Waals surface area contributed by atoms with E-state index in [4.69, 9.17) is 0 Å². The molecule has 0 atom stereocenters. The molecule has 1 amide bonds. The molecule has 0 saturated carbocycles. The lowest BCUT2D eigenvalue weighted by Gasteiger charge is -2.07. The zero-order valence-corrected chi connectivity index (χ0v) is 12.6. The number of benzene rings is 1. The Bertz CT molecular complexity index is 580. The van der Waals surface area contributed by atoms with Gasteiger partial charge < -0.3 is 10.6 Å². The summed E-state index contributed by atoms with van der Waals surface area (Å²) in [5, 5.41) is 9.12. The third-order valence-electron chi connectivity index (χ3n) is 2.84. The number of nitrogens with one attached hydrogen (secondary N) is 2. The first-order valence-electron chi connectivity index (χ1n) is 6.72.